The third kappa shape index (κ3) is 3.70. The van der Waals surface area contributed by atoms with Crippen LogP contribution in [0.3, 0.4) is 0 Å². The average molecular weight is 236 g/mol. The summed E-state index contributed by atoms with van der Waals surface area (Å²) in [6.45, 7) is 1.74. The maximum atomic E-state index is 11.1. The van der Waals surface area contributed by atoms with Gasteiger partial charge in [-0.05, 0) is 6.92 Å². The van der Waals surface area contributed by atoms with Gasteiger partial charge < -0.3 is 5.11 Å². The van der Waals surface area contributed by atoms with Gasteiger partial charge in [-0.15, -0.1) is 11.3 Å². The molecular weight excluding hydrogens is 224 g/mol. The number of aryl methyl sites for hydroxylation is 1. The van der Waals surface area contributed by atoms with Gasteiger partial charge in [0.2, 0.25) is 10.0 Å². The third-order valence-electron chi connectivity index (χ3n) is 1.50. The Morgan fingerprint density at radius 2 is 2.36 bits per heavy atom. The lowest BCUT2D eigenvalue weighted by molar-refractivity contribution is 0.319. The van der Waals surface area contributed by atoms with Gasteiger partial charge in [0, 0.05) is 17.6 Å². The molecule has 0 aromatic carbocycles. The van der Waals surface area contributed by atoms with Crippen molar-refractivity contribution in [3.8, 4) is 0 Å². The maximum Gasteiger partial charge on any atom is 0.214 e. The molecule has 1 aromatic heterocycles. The zero-order valence-corrected chi connectivity index (χ0v) is 9.36. The summed E-state index contributed by atoms with van der Waals surface area (Å²) in [6, 6.07) is 0. The van der Waals surface area contributed by atoms with Crippen LogP contribution in [0, 0.1) is 6.92 Å². The number of sulfonamides is 1. The highest BCUT2D eigenvalue weighted by Gasteiger charge is 2.09. The highest BCUT2D eigenvalue weighted by Crippen LogP contribution is 2.10. The topological polar surface area (TPSA) is 79.3 Å². The fraction of sp³-hybridized carbons (Fsp3) is 0.571. The number of nitrogens with zero attached hydrogens (tertiary/aromatic N) is 1. The minimum Gasteiger partial charge on any atom is -0.395 e. The molecule has 0 atom stereocenters. The molecule has 1 heterocycles. The summed E-state index contributed by atoms with van der Waals surface area (Å²) >= 11 is 1.45. The molecule has 80 valence electrons. The fourth-order valence-corrected chi connectivity index (χ4v) is 2.45. The molecular formula is C7H12N2O3S2. The van der Waals surface area contributed by atoms with Gasteiger partial charge in [-0.25, -0.2) is 18.1 Å². The molecule has 5 nitrogen and oxygen atoms in total. The van der Waals surface area contributed by atoms with Crippen LogP contribution in [0.1, 0.15) is 9.88 Å². The van der Waals surface area contributed by atoms with Crippen LogP contribution in [0.25, 0.3) is 0 Å². The molecule has 0 aliphatic rings. The van der Waals surface area contributed by atoms with E-state index in [1.165, 1.54) is 11.3 Å². The van der Waals surface area contributed by atoms with Crippen LogP contribution in [-0.4, -0.2) is 30.9 Å². The quantitative estimate of drug-likeness (QED) is 0.746. The van der Waals surface area contributed by atoms with E-state index < -0.39 is 10.0 Å². The summed E-state index contributed by atoms with van der Waals surface area (Å²) in [4.78, 5) is 4.86. The van der Waals surface area contributed by atoms with Crippen LogP contribution >= 0.6 is 11.3 Å². The molecule has 0 aliphatic heterocycles. The lowest BCUT2D eigenvalue weighted by Crippen LogP contribution is -2.27. The molecule has 14 heavy (non-hydrogen) atoms. The zero-order valence-electron chi connectivity index (χ0n) is 7.73. The van der Waals surface area contributed by atoms with Gasteiger partial charge in [0.25, 0.3) is 0 Å². The van der Waals surface area contributed by atoms with Crippen LogP contribution < -0.4 is 4.72 Å². The largest absolute Gasteiger partial charge is 0.395 e. The fourth-order valence-electron chi connectivity index (χ4n) is 0.860. The zero-order chi connectivity index (χ0) is 10.6. The van der Waals surface area contributed by atoms with Crippen molar-refractivity contribution < 1.29 is 13.5 Å². The number of aliphatic hydroxyl groups excluding tert-OH is 1. The molecule has 0 fully saturated rings. The summed E-state index contributed by atoms with van der Waals surface area (Å²) in [6.07, 6.45) is 1.64. The number of aliphatic hydroxyl groups is 1. The van der Waals surface area contributed by atoms with Gasteiger partial charge in [0.05, 0.1) is 17.4 Å². The Bertz CT molecular complexity index is 385. The van der Waals surface area contributed by atoms with Crippen LogP contribution in [0.2, 0.25) is 0 Å². The first-order valence-electron chi connectivity index (χ1n) is 4.03. The summed E-state index contributed by atoms with van der Waals surface area (Å²) in [5.74, 6) is -0.259. The molecule has 0 bridgehead atoms. The Morgan fingerprint density at radius 3 is 2.86 bits per heavy atom. The smallest absolute Gasteiger partial charge is 0.214 e. The van der Waals surface area contributed by atoms with Crippen LogP contribution in [0.5, 0.6) is 0 Å². The van der Waals surface area contributed by atoms with Gasteiger partial charge in [-0.3, -0.25) is 0 Å². The molecule has 1 rings (SSSR count). The number of thiazole rings is 1. The van der Waals surface area contributed by atoms with Crippen molar-refractivity contribution in [3.05, 3.63) is 16.1 Å². The molecule has 0 radical (unpaired) electrons. The number of nitrogens with one attached hydrogen (secondary N) is 1. The predicted molar refractivity (Wildman–Crippen MR) is 54.6 cm³/mol. The van der Waals surface area contributed by atoms with E-state index in [1.807, 2.05) is 6.92 Å². The number of hydrogen-bond acceptors (Lipinski definition) is 5. The van der Waals surface area contributed by atoms with E-state index in [-0.39, 0.29) is 18.9 Å². The number of rotatable bonds is 5. The standard InChI is InChI=1S/C7H12N2O3S2/c1-6-8-4-7(13-6)5-9-14(11,12)3-2-10/h4,9-10H,2-3,5H2,1H3. The number of aromatic nitrogens is 1. The number of hydrogen-bond donors (Lipinski definition) is 2. The highest BCUT2D eigenvalue weighted by atomic mass is 32.2. The monoisotopic (exact) mass is 236 g/mol. The molecule has 0 saturated heterocycles. The van der Waals surface area contributed by atoms with Crippen molar-refractivity contribution in [1.29, 1.82) is 0 Å². The van der Waals surface area contributed by atoms with E-state index in [0.29, 0.717) is 0 Å². The van der Waals surface area contributed by atoms with Crippen molar-refractivity contribution in [2.45, 2.75) is 13.5 Å². The van der Waals surface area contributed by atoms with Gasteiger partial charge in [0.1, 0.15) is 0 Å². The molecule has 0 saturated carbocycles. The maximum absolute atomic E-state index is 11.1. The predicted octanol–water partition coefficient (Wildman–Crippen LogP) is -0.137. The lowest BCUT2D eigenvalue weighted by atomic mass is 10.6. The Morgan fingerprint density at radius 1 is 1.64 bits per heavy atom. The second-order valence-electron chi connectivity index (χ2n) is 2.71. The minimum atomic E-state index is -3.34. The van der Waals surface area contributed by atoms with E-state index in [4.69, 9.17) is 5.11 Å². The molecule has 7 heteroatoms. The van der Waals surface area contributed by atoms with Crippen molar-refractivity contribution >= 4 is 21.4 Å². The Balaban J connectivity index is 2.48. The van der Waals surface area contributed by atoms with E-state index in [1.54, 1.807) is 6.20 Å². The van der Waals surface area contributed by atoms with Gasteiger partial charge >= 0.3 is 0 Å². The SMILES string of the molecule is Cc1ncc(CNS(=O)(=O)CCO)s1. The van der Waals surface area contributed by atoms with Crippen LogP contribution in [0.4, 0.5) is 0 Å². The lowest BCUT2D eigenvalue weighted by Gasteiger charge is -2.02. The molecule has 1 aromatic rings. The highest BCUT2D eigenvalue weighted by molar-refractivity contribution is 7.89. The second-order valence-corrected chi connectivity index (χ2v) is 5.95. The van der Waals surface area contributed by atoms with Gasteiger partial charge in [-0.2, -0.15) is 0 Å². The third-order valence-corrected chi connectivity index (χ3v) is 3.71. The first kappa shape index (κ1) is 11.6. The minimum absolute atomic E-state index is 0.244. The first-order valence-corrected chi connectivity index (χ1v) is 6.50. The van der Waals surface area contributed by atoms with Crippen molar-refractivity contribution in [2.75, 3.05) is 12.4 Å². The van der Waals surface area contributed by atoms with Gasteiger partial charge in [-0.1, -0.05) is 0 Å². The first-order chi connectivity index (χ1) is 6.53. The average Bonchev–Trinajstić information content (AvgIpc) is 2.48. The Hall–Kier alpha value is -0.500. The van der Waals surface area contributed by atoms with E-state index in [9.17, 15) is 8.42 Å². The van der Waals surface area contributed by atoms with E-state index in [2.05, 4.69) is 9.71 Å². The van der Waals surface area contributed by atoms with Crippen LogP contribution in [-0.2, 0) is 16.6 Å². The molecule has 2 N–H and O–H groups in total. The van der Waals surface area contributed by atoms with E-state index in [0.717, 1.165) is 9.88 Å². The summed E-state index contributed by atoms with van der Waals surface area (Å²) in [5, 5.41) is 9.38. The van der Waals surface area contributed by atoms with Gasteiger partial charge in [0.15, 0.2) is 0 Å². The summed E-state index contributed by atoms with van der Waals surface area (Å²) in [7, 11) is -3.34. The molecule has 0 unspecified atom stereocenters. The molecule has 0 aliphatic carbocycles. The summed E-state index contributed by atoms with van der Waals surface area (Å²) < 4.78 is 24.6. The molecule has 0 spiro atoms. The van der Waals surface area contributed by atoms with Crippen LogP contribution in [0.15, 0.2) is 6.20 Å². The Labute approximate surface area is 86.9 Å². The normalized spacial score (nSPS) is 11.9. The van der Waals surface area contributed by atoms with Crippen molar-refractivity contribution in [3.63, 3.8) is 0 Å². The second kappa shape index (κ2) is 4.83. The van der Waals surface area contributed by atoms with Crippen molar-refractivity contribution in [1.82, 2.24) is 9.71 Å². The van der Waals surface area contributed by atoms with E-state index >= 15 is 0 Å². The summed E-state index contributed by atoms with van der Waals surface area (Å²) in [5.41, 5.74) is 0. The molecule has 0 amide bonds. The van der Waals surface area contributed by atoms with Crippen molar-refractivity contribution in [2.24, 2.45) is 0 Å². The Kier molecular flexibility index (Phi) is 3.99.